The van der Waals surface area contributed by atoms with Crippen molar-refractivity contribution in [3.05, 3.63) is 362 Å². The Morgan fingerprint density at radius 2 is 0.516 bits per heavy atom. The SMILES string of the molecule is C.CC(C)(C)c1ccc(Nc2ccc(C(C)(C)C)cc2-c2ccc3ccccc3c2)cc1.Cc1cc(Cl)c(Cl)c(N(c2ccc(C(C)(C)C)cc2)c2ccc(C(C)(C)C)cc2)c1.Cc1cc(N(c2ccc(C(C)(C)C)cc2)c2ccc(C(C)(C)C)cc2)c(Cl)c(N(c2ccc(C(C)(C)C)cc2)c2ccc(C(C)(C)C)cc2-c2ccc3ccccc3c2)c1.[H-].[K+].[V]. The standard InChI is InChI=1S/C57H63ClN2.C30H33N.C27H31Cl2N.CH4.K.V.H/c1-38-34-51(59(46-27-20-42(21-28-46)54(2,3)4)47-29-22-43(23-30-47)55(5,6)7)53(58)52(35-38)60(48-31-24-44(25-32-48)56(8,9)10)50-33-26-45(57(11,12)13)37-49(50)41-19-18-39-16-14-15-17-40(39)36-41;1-29(2,3)24-13-16-26(17-14-24)31-28-18-15-25(30(4,5)6)20-27(28)23-12-11-21-9-7-8-10-22(21)19-23;1-18-16-23(28)25(29)24(17-18)30(21-12-8-19(9-13-21)26(2,3)4)22-14-10-20(11-15-22)27(5,6)7;;;;/h14-37H,1-13H3;7-20,31H,1-6H3;8-17H,1-7H3;1H4;;;/q;;;;+1;;-1. The van der Waals surface area contributed by atoms with Crippen molar-refractivity contribution in [1.82, 2.24) is 0 Å². The van der Waals surface area contributed by atoms with Crippen LogP contribution in [0.3, 0.4) is 0 Å². The molecule has 14 rings (SSSR count). The first-order chi connectivity index (χ1) is 56.6. The number of rotatable bonds is 13. The second-order valence-electron chi connectivity index (χ2n) is 41.3. The van der Waals surface area contributed by atoms with Crippen LogP contribution in [0.1, 0.15) is 231 Å². The molecular formula is C115H132Cl3KN4V. The maximum atomic E-state index is 7.98. The number of hydrogen-bond donors (Lipinski definition) is 1. The Balaban J connectivity index is 0.000000251. The van der Waals surface area contributed by atoms with Crippen molar-refractivity contribution in [2.75, 3.05) is 20.0 Å². The quantitative estimate of drug-likeness (QED) is 0.116. The van der Waals surface area contributed by atoms with Gasteiger partial charge in [0, 0.05) is 69.5 Å². The van der Waals surface area contributed by atoms with E-state index in [1.54, 1.807) is 0 Å². The molecule has 0 atom stereocenters. The van der Waals surface area contributed by atoms with Crippen LogP contribution in [0.4, 0.5) is 62.6 Å². The zero-order chi connectivity index (χ0) is 87.9. The van der Waals surface area contributed by atoms with Gasteiger partial charge in [-0.15, -0.1) is 0 Å². The number of nitrogens with zero attached hydrogens (tertiary/aromatic N) is 3. The molecule has 639 valence electrons. The van der Waals surface area contributed by atoms with E-state index in [-0.39, 0.29) is 122 Å². The van der Waals surface area contributed by atoms with Crippen LogP contribution in [0.2, 0.25) is 15.1 Å². The van der Waals surface area contributed by atoms with Gasteiger partial charge in [-0.25, -0.2) is 0 Å². The number of fused-ring (bicyclic) bond motifs is 2. The van der Waals surface area contributed by atoms with Crippen LogP contribution in [0.15, 0.2) is 291 Å². The third-order valence-electron chi connectivity index (χ3n) is 23.2. The minimum Gasteiger partial charge on any atom is -1.00 e. The topological polar surface area (TPSA) is 21.8 Å². The average Bonchev–Trinajstić information content (AvgIpc) is 1.56. The smallest absolute Gasteiger partial charge is 1.00 e. The molecule has 14 aromatic rings. The monoisotopic (exact) mass is 1760 g/mol. The van der Waals surface area contributed by atoms with Gasteiger partial charge in [0.05, 0.1) is 37.8 Å². The maximum Gasteiger partial charge on any atom is 1.00 e. The third kappa shape index (κ3) is 24.0. The molecule has 1 radical (unpaired) electrons. The number of halogens is 3. The van der Waals surface area contributed by atoms with E-state index in [9.17, 15) is 0 Å². The summed E-state index contributed by atoms with van der Waals surface area (Å²) in [4.78, 5) is 6.89. The predicted octanol–water partition coefficient (Wildman–Crippen LogP) is 33.6. The van der Waals surface area contributed by atoms with E-state index in [1.807, 2.05) is 13.0 Å². The normalized spacial score (nSPS) is 12.0. The fraction of sp³-hybridized carbons (Fsp3) is 0.304. The first-order valence-corrected chi connectivity index (χ1v) is 44.1. The van der Waals surface area contributed by atoms with Crippen molar-refractivity contribution in [3.63, 3.8) is 0 Å². The number of benzene rings is 14. The molecule has 0 aromatic heterocycles. The van der Waals surface area contributed by atoms with Gasteiger partial charge in [0.1, 0.15) is 0 Å². The van der Waals surface area contributed by atoms with Crippen molar-refractivity contribution in [3.8, 4) is 22.3 Å². The minimum absolute atomic E-state index is 0. The summed E-state index contributed by atoms with van der Waals surface area (Å²) in [5.41, 5.74) is 29.1. The Kier molecular flexibility index (Phi) is 31.9. The molecule has 0 amide bonds. The summed E-state index contributed by atoms with van der Waals surface area (Å²) in [5, 5.41) is 10.4. The Labute approximate surface area is 816 Å². The Morgan fingerprint density at radius 3 is 0.855 bits per heavy atom. The first kappa shape index (κ1) is 99.7. The molecule has 4 nitrogen and oxygen atoms in total. The summed E-state index contributed by atoms with van der Waals surface area (Å²) < 4.78 is 0. The second kappa shape index (κ2) is 39.6. The minimum atomic E-state index is -0.0525. The van der Waals surface area contributed by atoms with E-state index in [4.69, 9.17) is 34.8 Å². The fourth-order valence-corrected chi connectivity index (χ4v) is 16.2. The molecule has 0 saturated heterocycles. The molecule has 0 aliphatic rings. The van der Waals surface area contributed by atoms with E-state index in [2.05, 4.69) is 478 Å². The molecule has 124 heavy (non-hydrogen) atoms. The number of anilines is 11. The van der Waals surface area contributed by atoms with Gasteiger partial charge in [0.15, 0.2) is 0 Å². The molecule has 9 heteroatoms. The van der Waals surface area contributed by atoms with Gasteiger partial charge >= 0.3 is 51.4 Å². The van der Waals surface area contributed by atoms with Crippen LogP contribution in [0.25, 0.3) is 43.8 Å². The van der Waals surface area contributed by atoms with E-state index in [0.717, 1.165) is 84.8 Å². The summed E-state index contributed by atoms with van der Waals surface area (Å²) >= 11 is 21.1. The fourth-order valence-electron chi connectivity index (χ4n) is 15.5. The van der Waals surface area contributed by atoms with Gasteiger partial charge in [-0.3, -0.25) is 0 Å². The molecular weight excluding hydrogens is 1630 g/mol. The van der Waals surface area contributed by atoms with E-state index < -0.39 is 0 Å². The van der Waals surface area contributed by atoms with Gasteiger partial charge < -0.3 is 21.4 Å². The van der Waals surface area contributed by atoms with Crippen LogP contribution in [0, 0.1) is 13.8 Å². The van der Waals surface area contributed by atoms with Gasteiger partial charge in [-0.1, -0.05) is 366 Å². The molecule has 0 unspecified atom stereocenters. The van der Waals surface area contributed by atoms with Gasteiger partial charge in [-0.2, -0.15) is 0 Å². The number of aryl methyl sites for hydroxylation is 2. The van der Waals surface area contributed by atoms with Crippen LogP contribution >= 0.6 is 34.8 Å². The second-order valence-corrected chi connectivity index (χ2v) is 42.4. The van der Waals surface area contributed by atoms with E-state index in [0.29, 0.717) is 15.1 Å². The van der Waals surface area contributed by atoms with E-state index >= 15 is 0 Å². The molecule has 0 heterocycles. The average molecular weight is 1770 g/mol. The molecule has 0 aliphatic heterocycles. The maximum absolute atomic E-state index is 7.98. The molecule has 0 aliphatic carbocycles. The van der Waals surface area contributed by atoms with Crippen molar-refractivity contribution < 1.29 is 71.4 Å². The summed E-state index contributed by atoms with van der Waals surface area (Å²) in [6.45, 7) is 58.3. The predicted molar refractivity (Wildman–Crippen MR) is 541 cm³/mol. The molecule has 0 bridgehead atoms. The molecule has 14 aromatic carbocycles. The Bertz CT molecular complexity index is 5870. The summed E-state index contributed by atoms with van der Waals surface area (Å²) in [7, 11) is 0. The molecule has 0 saturated carbocycles. The third-order valence-corrected chi connectivity index (χ3v) is 24.3. The van der Waals surface area contributed by atoms with Crippen molar-refractivity contribution >= 4 is 119 Å². The number of nitrogens with one attached hydrogen (secondary N) is 1. The van der Waals surface area contributed by atoms with Gasteiger partial charge in [0.25, 0.3) is 0 Å². The van der Waals surface area contributed by atoms with Crippen molar-refractivity contribution in [2.45, 2.75) is 231 Å². The summed E-state index contributed by atoms with van der Waals surface area (Å²) in [5.74, 6) is 0. The Hall–Kier alpha value is -8.11. The van der Waals surface area contributed by atoms with E-state index in [1.165, 1.54) is 77.2 Å². The van der Waals surface area contributed by atoms with Gasteiger partial charge in [-0.05, 0) is 279 Å². The summed E-state index contributed by atoms with van der Waals surface area (Å²) in [6.07, 6.45) is 0. The summed E-state index contributed by atoms with van der Waals surface area (Å²) in [6, 6.07) is 106. The Morgan fingerprint density at radius 1 is 0.250 bits per heavy atom. The van der Waals surface area contributed by atoms with Crippen LogP contribution in [-0.4, -0.2) is 0 Å². The van der Waals surface area contributed by atoms with Crippen LogP contribution < -0.4 is 71.4 Å². The molecule has 1 N–H and O–H groups in total. The zero-order valence-electron chi connectivity index (χ0n) is 79.1. The van der Waals surface area contributed by atoms with Crippen molar-refractivity contribution in [2.24, 2.45) is 0 Å². The molecule has 0 fully saturated rings. The number of hydrogen-bond acceptors (Lipinski definition) is 4. The van der Waals surface area contributed by atoms with Crippen LogP contribution in [-0.2, 0) is 61.9 Å². The largest absolute Gasteiger partial charge is 1.00 e. The molecule has 0 spiro atoms. The van der Waals surface area contributed by atoms with Crippen LogP contribution in [0.5, 0.6) is 0 Å². The first-order valence-electron chi connectivity index (χ1n) is 42.9. The van der Waals surface area contributed by atoms with Crippen molar-refractivity contribution in [1.29, 1.82) is 0 Å². The zero-order valence-corrected chi connectivity index (χ0v) is 84.9. The van der Waals surface area contributed by atoms with Gasteiger partial charge in [0.2, 0.25) is 0 Å².